The van der Waals surface area contributed by atoms with Gasteiger partial charge >= 0.3 is 0 Å². The van der Waals surface area contributed by atoms with E-state index in [0.29, 0.717) is 12.8 Å². The van der Waals surface area contributed by atoms with E-state index in [2.05, 4.69) is 16.3 Å². The summed E-state index contributed by atoms with van der Waals surface area (Å²) in [5.41, 5.74) is 7.69. The van der Waals surface area contributed by atoms with Gasteiger partial charge in [-0.2, -0.15) is 0 Å². The van der Waals surface area contributed by atoms with E-state index in [0.717, 1.165) is 24.5 Å². The van der Waals surface area contributed by atoms with Gasteiger partial charge in [0.25, 0.3) is 0 Å². The number of hydrogen-bond donors (Lipinski definition) is 2. The Hall–Kier alpha value is -1.55. The molecule has 21 heavy (non-hydrogen) atoms. The minimum absolute atomic E-state index is 0.0398. The summed E-state index contributed by atoms with van der Waals surface area (Å²) in [6.07, 6.45) is 4.90. The van der Waals surface area contributed by atoms with Crippen molar-refractivity contribution >= 4 is 17.3 Å². The maximum absolute atomic E-state index is 12.1. The molecule has 2 rings (SSSR count). The van der Waals surface area contributed by atoms with Crippen molar-refractivity contribution in [2.75, 3.05) is 23.3 Å². The quantitative estimate of drug-likeness (QED) is 0.875. The number of anilines is 2. The zero-order valence-electron chi connectivity index (χ0n) is 13.2. The summed E-state index contributed by atoms with van der Waals surface area (Å²) in [4.78, 5) is 14.5. The first-order valence-electron chi connectivity index (χ1n) is 7.88. The second kappa shape index (κ2) is 6.94. The molecule has 0 atom stereocenters. The highest BCUT2D eigenvalue weighted by Crippen LogP contribution is 2.28. The van der Waals surface area contributed by atoms with Crippen LogP contribution in [0.25, 0.3) is 0 Å². The van der Waals surface area contributed by atoms with Gasteiger partial charge in [-0.1, -0.05) is 12.1 Å². The van der Waals surface area contributed by atoms with Gasteiger partial charge in [-0.25, -0.2) is 0 Å². The number of hydrogen-bond acceptors (Lipinski definition) is 3. The normalized spacial score (nSPS) is 15.9. The monoisotopic (exact) mass is 289 g/mol. The number of piperidine rings is 1. The second-order valence-corrected chi connectivity index (χ2v) is 6.60. The molecule has 4 heteroatoms. The van der Waals surface area contributed by atoms with E-state index in [4.69, 9.17) is 5.73 Å². The molecule has 1 saturated heterocycles. The van der Waals surface area contributed by atoms with Gasteiger partial charge in [0.05, 0.1) is 11.4 Å². The summed E-state index contributed by atoms with van der Waals surface area (Å²) in [6.45, 7) is 6.04. The van der Waals surface area contributed by atoms with Gasteiger partial charge < -0.3 is 16.0 Å². The molecule has 0 aromatic heterocycles. The number of amides is 1. The first-order chi connectivity index (χ1) is 9.96. The van der Waals surface area contributed by atoms with Crippen molar-refractivity contribution in [3.63, 3.8) is 0 Å². The van der Waals surface area contributed by atoms with Crippen LogP contribution in [-0.4, -0.2) is 24.5 Å². The maximum Gasteiger partial charge on any atom is 0.224 e. The first kappa shape index (κ1) is 15.8. The predicted molar refractivity (Wildman–Crippen MR) is 88.6 cm³/mol. The van der Waals surface area contributed by atoms with E-state index in [-0.39, 0.29) is 11.4 Å². The average Bonchev–Trinajstić information content (AvgIpc) is 2.46. The number of carbonyl (C=O) groups is 1. The number of para-hydroxylation sites is 2. The topological polar surface area (TPSA) is 58.4 Å². The smallest absolute Gasteiger partial charge is 0.224 e. The van der Waals surface area contributed by atoms with Crippen molar-refractivity contribution in [1.29, 1.82) is 0 Å². The number of rotatable bonds is 5. The molecule has 3 N–H and O–H groups in total. The minimum atomic E-state index is -0.302. The van der Waals surface area contributed by atoms with Gasteiger partial charge in [0.2, 0.25) is 5.91 Å². The fraction of sp³-hybridized carbons (Fsp3) is 0.588. The van der Waals surface area contributed by atoms with Crippen LogP contribution < -0.4 is 16.0 Å². The van der Waals surface area contributed by atoms with Gasteiger partial charge in [-0.05, 0) is 51.7 Å². The lowest BCUT2D eigenvalue weighted by molar-refractivity contribution is -0.116. The molecule has 1 aliphatic heterocycles. The van der Waals surface area contributed by atoms with Crippen LogP contribution in [0.4, 0.5) is 11.4 Å². The predicted octanol–water partition coefficient (Wildman–Crippen LogP) is 3.13. The van der Waals surface area contributed by atoms with Crippen molar-refractivity contribution in [1.82, 2.24) is 0 Å². The van der Waals surface area contributed by atoms with Crippen molar-refractivity contribution < 1.29 is 4.79 Å². The van der Waals surface area contributed by atoms with E-state index < -0.39 is 0 Å². The van der Waals surface area contributed by atoms with Crippen LogP contribution in [0, 0.1) is 0 Å². The third kappa shape index (κ3) is 5.05. The molecule has 0 aliphatic carbocycles. The third-order valence-electron chi connectivity index (χ3n) is 3.87. The fourth-order valence-electron chi connectivity index (χ4n) is 2.64. The van der Waals surface area contributed by atoms with Crippen LogP contribution in [-0.2, 0) is 4.79 Å². The lowest BCUT2D eigenvalue weighted by atomic mass is 10.00. The number of nitrogens with one attached hydrogen (secondary N) is 1. The molecule has 0 saturated carbocycles. The summed E-state index contributed by atoms with van der Waals surface area (Å²) in [5, 5.41) is 3.04. The molecule has 0 unspecified atom stereocenters. The van der Waals surface area contributed by atoms with E-state index in [1.165, 1.54) is 19.3 Å². The van der Waals surface area contributed by atoms with Crippen molar-refractivity contribution in [2.24, 2.45) is 5.73 Å². The summed E-state index contributed by atoms with van der Waals surface area (Å²) in [5.74, 6) is 0.0398. The Morgan fingerprint density at radius 3 is 2.57 bits per heavy atom. The summed E-state index contributed by atoms with van der Waals surface area (Å²) in [6, 6.07) is 8.07. The molecule has 1 aromatic rings. The molecule has 4 nitrogen and oxygen atoms in total. The van der Waals surface area contributed by atoms with E-state index >= 15 is 0 Å². The van der Waals surface area contributed by atoms with E-state index in [1.807, 2.05) is 32.0 Å². The van der Waals surface area contributed by atoms with Crippen molar-refractivity contribution in [3.8, 4) is 0 Å². The molecule has 1 fully saturated rings. The second-order valence-electron chi connectivity index (χ2n) is 6.60. The van der Waals surface area contributed by atoms with Gasteiger partial charge in [-0.15, -0.1) is 0 Å². The Balaban J connectivity index is 2.01. The first-order valence-corrected chi connectivity index (χ1v) is 7.88. The summed E-state index contributed by atoms with van der Waals surface area (Å²) in [7, 11) is 0. The van der Waals surface area contributed by atoms with Gasteiger partial charge in [-0.3, -0.25) is 4.79 Å². The zero-order chi connectivity index (χ0) is 15.3. The zero-order valence-corrected chi connectivity index (χ0v) is 13.2. The molecule has 0 radical (unpaired) electrons. The highest BCUT2D eigenvalue weighted by atomic mass is 16.1. The van der Waals surface area contributed by atoms with Crippen LogP contribution in [0.15, 0.2) is 24.3 Å². The van der Waals surface area contributed by atoms with Gasteiger partial charge in [0.1, 0.15) is 0 Å². The van der Waals surface area contributed by atoms with Crippen LogP contribution in [0.5, 0.6) is 0 Å². The number of benzene rings is 1. The summed E-state index contributed by atoms with van der Waals surface area (Å²) < 4.78 is 0. The maximum atomic E-state index is 12.1. The van der Waals surface area contributed by atoms with Crippen LogP contribution in [0.1, 0.15) is 46.0 Å². The minimum Gasteiger partial charge on any atom is -0.370 e. The standard InChI is InChI=1S/C17H27N3O/c1-17(2,18)11-10-16(21)19-14-8-4-5-9-15(14)20-12-6-3-7-13-20/h4-5,8-9H,3,6-7,10-13,18H2,1-2H3,(H,19,21). The van der Waals surface area contributed by atoms with Crippen LogP contribution in [0.3, 0.4) is 0 Å². The molecule has 1 heterocycles. The van der Waals surface area contributed by atoms with Crippen molar-refractivity contribution in [3.05, 3.63) is 24.3 Å². The van der Waals surface area contributed by atoms with Crippen LogP contribution >= 0.6 is 0 Å². The molecular formula is C17H27N3O. The molecule has 0 bridgehead atoms. The molecular weight excluding hydrogens is 262 g/mol. The average molecular weight is 289 g/mol. The lowest BCUT2D eigenvalue weighted by Gasteiger charge is -2.30. The molecule has 116 valence electrons. The van der Waals surface area contributed by atoms with Gasteiger partial charge in [0, 0.05) is 25.0 Å². The van der Waals surface area contributed by atoms with Gasteiger partial charge in [0.15, 0.2) is 0 Å². The molecule has 1 amide bonds. The lowest BCUT2D eigenvalue weighted by Crippen LogP contribution is -2.33. The number of nitrogens with two attached hydrogens (primary N) is 1. The number of carbonyl (C=O) groups excluding carboxylic acids is 1. The molecule has 1 aliphatic rings. The Bertz CT molecular complexity index is 473. The third-order valence-corrected chi connectivity index (χ3v) is 3.87. The van der Waals surface area contributed by atoms with Crippen molar-refractivity contribution in [2.45, 2.75) is 51.5 Å². The Morgan fingerprint density at radius 1 is 1.24 bits per heavy atom. The SMILES string of the molecule is CC(C)(N)CCC(=O)Nc1ccccc1N1CCCCC1. The fourth-order valence-corrected chi connectivity index (χ4v) is 2.64. The van der Waals surface area contributed by atoms with Crippen LogP contribution in [0.2, 0.25) is 0 Å². The highest BCUT2D eigenvalue weighted by molar-refractivity contribution is 5.94. The number of nitrogens with zero attached hydrogens (tertiary/aromatic N) is 1. The molecule has 1 aromatic carbocycles. The molecule has 0 spiro atoms. The Kier molecular flexibility index (Phi) is 5.23. The largest absolute Gasteiger partial charge is 0.370 e. The highest BCUT2D eigenvalue weighted by Gasteiger charge is 2.17. The Labute approximate surface area is 127 Å². The van der Waals surface area contributed by atoms with E-state index in [1.54, 1.807) is 0 Å². The van der Waals surface area contributed by atoms with E-state index in [9.17, 15) is 4.79 Å². The summed E-state index contributed by atoms with van der Waals surface area (Å²) >= 11 is 0. The Morgan fingerprint density at radius 2 is 1.90 bits per heavy atom.